The van der Waals surface area contributed by atoms with Crippen molar-refractivity contribution in [2.45, 2.75) is 33.8 Å². The number of pyridine rings is 1. The summed E-state index contributed by atoms with van der Waals surface area (Å²) in [4.78, 5) is 4.55. The Morgan fingerprint density at radius 1 is 1.07 bits per heavy atom. The highest BCUT2D eigenvalue weighted by atomic mass is 35.5. The standard InChI is InChI=1S/C22H19ClN2O.C2H6/c1-2-17(14-5-3-6-16(24)11-14)22-18-7-4-10-25-20(18)13-26-21-12-15(23)8-9-19(21)22;1-2/h3-12H,2,13,24H2,1H3;1-2H3/b22-17+;. The molecule has 0 saturated carbocycles. The van der Waals surface area contributed by atoms with Crippen LogP contribution in [0.25, 0.3) is 11.1 Å². The number of ether oxygens (including phenoxy) is 1. The van der Waals surface area contributed by atoms with Gasteiger partial charge in [-0.3, -0.25) is 4.98 Å². The SMILES string of the molecule is CC.CC/C(=C1\c2ccc(Cl)cc2OCc2ncccc21)c1cccc(N)c1. The van der Waals surface area contributed by atoms with E-state index in [1.165, 1.54) is 5.57 Å². The zero-order valence-corrected chi connectivity index (χ0v) is 17.3. The van der Waals surface area contributed by atoms with Crippen molar-refractivity contribution in [1.82, 2.24) is 4.98 Å². The molecule has 4 heteroatoms. The van der Waals surface area contributed by atoms with Gasteiger partial charge in [0.2, 0.25) is 0 Å². The third-order valence-corrected chi connectivity index (χ3v) is 4.86. The molecular formula is C24H25ClN2O. The minimum atomic E-state index is 0.418. The summed E-state index contributed by atoms with van der Waals surface area (Å²) in [5.41, 5.74) is 13.3. The Balaban J connectivity index is 0.00000109. The first-order valence-electron chi connectivity index (χ1n) is 9.63. The summed E-state index contributed by atoms with van der Waals surface area (Å²) in [5.74, 6) is 0.778. The van der Waals surface area contributed by atoms with E-state index in [0.29, 0.717) is 11.6 Å². The molecule has 3 aromatic rings. The van der Waals surface area contributed by atoms with Crippen LogP contribution in [0.5, 0.6) is 5.75 Å². The van der Waals surface area contributed by atoms with Crippen LogP contribution in [0.1, 0.15) is 49.6 Å². The van der Waals surface area contributed by atoms with E-state index < -0.39 is 0 Å². The molecule has 2 heterocycles. The third kappa shape index (κ3) is 3.90. The Labute approximate surface area is 171 Å². The van der Waals surface area contributed by atoms with Gasteiger partial charge in [0.25, 0.3) is 0 Å². The highest BCUT2D eigenvalue weighted by Gasteiger charge is 2.23. The van der Waals surface area contributed by atoms with E-state index in [1.807, 2.05) is 56.3 Å². The van der Waals surface area contributed by atoms with Gasteiger partial charge in [-0.05, 0) is 59.5 Å². The summed E-state index contributed by atoms with van der Waals surface area (Å²) in [7, 11) is 0. The number of nitrogen functional groups attached to an aromatic ring is 1. The maximum Gasteiger partial charge on any atom is 0.131 e. The highest BCUT2D eigenvalue weighted by Crippen LogP contribution is 2.42. The van der Waals surface area contributed by atoms with Gasteiger partial charge in [-0.1, -0.05) is 50.6 Å². The zero-order chi connectivity index (χ0) is 20.1. The van der Waals surface area contributed by atoms with Crippen molar-refractivity contribution in [1.29, 1.82) is 0 Å². The lowest BCUT2D eigenvalue weighted by Gasteiger charge is -2.17. The molecule has 0 fully saturated rings. The van der Waals surface area contributed by atoms with E-state index in [-0.39, 0.29) is 0 Å². The molecule has 1 aromatic heterocycles. The van der Waals surface area contributed by atoms with Gasteiger partial charge in [-0.25, -0.2) is 0 Å². The number of rotatable bonds is 2. The molecule has 4 rings (SSSR count). The fraction of sp³-hybridized carbons (Fsp3) is 0.208. The molecule has 1 aliphatic heterocycles. The second kappa shape index (κ2) is 8.94. The number of hydrogen-bond acceptors (Lipinski definition) is 3. The first kappa shape index (κ1) is 20.0. The second-order valence-electron chi connectivity index (χ2n) is 6.26. The van der Waals surface area contributed by atoms with Crippen molar-refractivity contribution in [3.05, 3.63) is 88.2 Å². The van der Waals surface area contributed by atoms with Gasteiger partial charge >= 0.3 is 0 Å². The van der Waals surface area contributed by atoms with Gasteiger partial charge in [0.1, 0.15) is 12.4 Å². The van der Waals surface area contributed by atoms with Crippen LogP contribution in [0.15, 0.2) is 60.8 Å². The molecule has 28 heavy (non-hydrogen) atoms. The summed E-state index contributed by atoms with van der Waals surface area (Å²) in [6.45, 7) is 6.57. The molecule has 0 atom stereocenters. The summed E-state index contributed by atoms with van der Waals surface area (Å²) in [6.07, 6.45) is 2.66. The fourth-order valence-corrected chi connectivity index (χ4v) is 3.63. The molecule has 144 valence electrons. The number of allylic oxidation sites excluding steroid dienone is 1. The third-order valence-electron chi connectivity index (χ3n) is 4.63. The minimum absolute atomic E-state index is 0.418. The number of benzene rings is 2. The van der Waals surface area contributed by atoms with Crippen molar-refractivity contribution in [3.63, 3.8) is 0 Å². The van der Waals surface area contributed by atoms with E-state index in [4.69, 9.17) is 22.1 Å². The van der Waals surface area contributed by atoms with E-state index in [1.54, 1.807) is 6.20 Å². The minimum Gasteiger partial charge on any atom is -0.487 e. The predicted octanol–water partition coefficient (Wildman–Crippen LogP) is 6.60. The van der Waals surface area contributed by atoms with Crippen molar-refractivity contribution in [2.24, 2.45) is 0 Å². The van der Waals surface area contributed by atoms with Gasteiger partial charge in [0.05, 0.1) is 5.69 Å². The van der Waals surface area contributed by atoms with E-state index in [9.17, 15) is 0 Å². The van der Waals surface area contributed by atoms with E-state index in [0.717, 1.165) is 45.8 Å². The molecule has 0 spiro atoms. The van der Waals surface area contributed by atoms with Crippen LogP contribution in [0.3, 0.4) is 0 Å². The van der Waals surface area contributed by atoms with Crippen LogP contribution in [-0.2, 0) is 6.61 Å². The summed E-state index contributed by atoms with van der Waals surface area (Å²) < 4.78 is 6.03. The van der Waals surface area contributed by atoms with Crippen molar-refractivity contribution in [3.8, 4) is 5.75 Å². The zero-order valence-electron chi connectivity index (χ0n) is 16.5. The lowest BCUT2D eigenvalue weighted by Crippen LogP contribution is -1.99. The molecule has 2 N–H and O–H groups in total. The number of anilines is 1. The smallest absolute Gasteiger partial charge is 0.131 e. The van der Waals surface area contributed by atoms with E-state index >= 15 is 0 Å². The van der Waals surface area contributed by atoms with Crippen molar-refractivity contribution >= 4 is 28.4 Å². The number of hydrogen-bond donors (Lipinski definition) is 1. The Kier molecular flexibility index (Phi) is 6.37. The van der Waals surface area contributed by atoms with Crippen molar-refractivity contribution in [2.75, 3.05) is 5.73 Å². The Hall–Kier alpha value is -2.78. The summed E-state index contributed by atoms with van der Waals surface area (Å²) >= 11 is 6.21. The quantitative estimate of drug-likeness (QED) is 0.499. The first-order valence-corrected chi connectivity index (χ1v) is 10.0. The fourth-order valence-electron chi connectivity index (χ4n) is 3.47. The largest absolute Gasteiger partial charge is 0.487 e. The molecule has 3 nitrogen and oxygen atoms in total. The van der Waals surface area contributed by atoms with Crippen LogP contribution in [0.2, 0.25) is 5.02 Å². The topological polar surface area (TPSA) is 48.1 Å². The maximum atomic E-state index is 6.21. The monoisotopic (exact) mass is 392 g/mol. The lowest BCUT2D eigenvalue weighted by molar-refractivity contribution is 0.302. The van der Waals surface area contributed by atoms with Crippen molar-refractivity contribution < 1.29 is 4.74 Å². The molecule has 0 bridgehead atoms. The Bertz CT molecular complexity index is 1010. The molecule has 0 radical (unpaired) electrons. The average Bonchev–Trinajstić information content (AvgIpc) is 2.88. The molecular weight excluding hydrogens is 368 g/mol. The number of halogens is 1. The van der Waals surface area contributed by atoms with Gasteiger partial charge in [0, 0.05) is 28.0 Å². The molecule has 2 aromatic carbocycles. The van der Waals surface area contributed by atoms with Gasteiger partial charge < -0.3 is 10.5 Å². The Morgan fingerprint density at radius 2 is 1.89 bits per heavy atom. The number of nitrogens with two attached hydrogens (primary N) is 1. The summed E-state index contributed by atoms with van der Waals surface area (Å²) in [5, 5.41) is 0.656. The summed E-state index contributed by atoms with van der Waals surface area (Å²) in [6, 6.07) is 17.9. The van der Waals surface area contributed by atoms with E-state index in [2.05, 4.69) is 24.0 Å². The number of aromatic nitrogens is 1. The average molecular weight is 393 g/mol. The van der Waals surface area contributed by atoms with Gasteiger partial charge in [0.15, 0.2) is 0 Å². The number of nitrogens with zero attached hydrogens (tertiary/aromatic N) is 1. The van der Waals surface area contributed by atoms with Crippen LogP contribution in [0.4, 0.5) is 5.69 Å². The lowest BCUT2D eigenvalue weighted by atomic mass is 9.87. The first-order chi connectivity index (χ1) is 13.7. The molecule has 0 saturated heterocycles. The van der Waals surface area contributed by atoms with Crippen LogP contribution in [-0.4, -0.2) is 4.98 Å². The molecule has 1 aliphatic rings. The van der Waals surface area contributed by atoms with Crippen LogP contribution >= 0.6 is 11.6 Å². The highest BCUT2D eigenvalue weighted by molar-refractivity contribution is 6.30. The Morgan fingerprint density at radius 3 is 2.64 bits per heavy atom. The molecule has 0 unspecified atom stereocenters. The normalized spacial score (nSPS) is 13.9. The molecule has 0 aliphatic carbocycles. The van der Waals surface area contributed by atoms with Crippen LogP contribution < -0.4 is 10.5 Å². The molecule has 0 amide bonds. The predicted molar refractivity (Wildman–Crippen MR) is 118 cm³/mol. The van der Waals surface area contributed by atoms with Gasteiger partial charge in [-0.15, -0.1) is 0 Å². The maximum absolute atomic E-state index is 6.21. The second-order valence-corrected chi connectivity index (χ2v) is 6.70. The van der Waals surface area contributed by atoms with Gasteiger partial charge in [-0.2, -0.15) is 0 Å². The van der Waals surface area contributed by atoms with Crippen LogP contribution in [0, 0.1) is 0 Å². The number of fused-ring (bicyclic) bond motifs is 2.